The third-order valence-corrected chi connectivity index (χ3v) is 5.83. The zero-order valence-electron chi connectivity index (χ0n) is 16.7. The van der Waals surface area contributed by atoms with Gasteiger partial charge in [0.2, 0.25) is 5.91 Å². The van der Waals surface area contributed by atoms with E-state index in [1.807, 2.05) is 23.1 Å². The molecule has 8 nitrogen and oxygen atoms in total. The summed E-state index contributed by atoms with van der Waals surface area (Å²) in [6, 6.07) is 5.24. The number of methoxy groups -OCH3 is 2. The second kappa shape index (κ2) is 8.68. The Kier molecular flexibility index (Phi) is 6.28. The van der Waals surface area contributed by atoms with Crippen molar-refractivity contribution >= 4 is 11.9 Å². The third-order valence-electron chi connectivity index (χ3n) is 5.83. The fourth-order valence-corrected chi connectivity index (χ4v) is 4.45. The Hall–Kier alpha value is -2.48. The van der Waals surface area contributed by atoms with Gasteiger partial charge in [-0.25, -0.2) is 4.79 Å². The summed E-state index contributed by atoms with van der Waals surface area (Å²) in [5, 5.41) is 2.62. The number of nitrogens with zero attached hydrogens (tertiary/aromatic N) is 2. The molecule has 0 aromatic heterocycles. The van der Waals surface area contributed by atoms with Crippen LogP contribution in [-0.2, 0) is 11.3 Å². The summed E-state index contributed by atoms with van der Waals surface area (Å²) in [4.78, 5) is 28.4. The molecule has 2 aliphatic heterocycles. The highest BCUT2D eigenvalue weighted by atomic mass is 16.5. The van der Waals surface area contributed by atoms with Gasteiger partial charge in [0, 0.05) is 38.3 Å². The number of benzene rings is 1. The summed E-state index contributed by atoms with van der Waals surface area (Å²) < 4.78 is 10.9. The number of primary amides is 1. The van der Waals surface area contributed by atoms with Crippen LogP contribution in [-0.4, -0.2) is 68.7 Å². The van der Waals surface area contributed by atoms with Gasteiger partial charge >= 0.3 is 6.03 Å². The number of carbonyl (C=O) groups excluding carboxylic acids is 2. The standard InChI is InChI=1S/C20H30N4O4/c1-27-16-6-3-5-15(17(16)28-2)13-24-10-4-7-20(18(24)25)8-11-23(14-20)12-9-22-19(21)26/h3,5-6H,4,7-14H2,1-2H3,(H3,21,22,26)/t20-/m1/s1. The Morgan fingerprint density at radius 2 is 2.07 bits per heavy atom. The predicted molar refractivity (Wildman–Crippen MR) is 105 cm³/mol. The van der Waals surface area contributed by atoms with Gasteiger partial charge in [0.05, 0.1) is 19.6 Å². The molecule has 0 radical (unpaired) electrons. The molecule has 0 bridgehead atoms. The van der Waals surface area contributed by atoms with Crippen LogP contribution in [0.15, 0.2) is 18.2 Å². The van der Waals surface area contributed by atoms with Gasteiger partial charge in [0.1, 0.15) is 0 Å². The smallest absolute Gasteiger partial charge is 0.312 e. The van der Waals surface area contributed by atoms with Gasteiger partial charge in [-0.2, -0.15) is 0 Å². The lowest BCUT2D eigenvalue weighted by Gasteiger charge is -2.39. The number of nitrogens with one attached hydrogen (secondary N) is 1. The van der Waals surface area contributed by atoms with Crippen LogP contribution in [0.5, 0.6) is 11.5 Å². The van der Waals surface area contributed by atoms with Gasteiger partial charge in [-0.3, -0.25) is 4.79 Å². The quantitative estimate of drug-likeness (QED) is 0.729. The fourth-order valence-electron chi connectivity index (χ4n) is 4.45. The zero-order valence-corrected chi connectivity index (χ0v) is 16.7. The van der Waals surface area contributed by atoms with E-state index >= 15 is 0 Å². The topological polar surface area (TPSA) is 97.1 Å². The minimum atomic E-state index is -0.513. The van der Waals surface area contributed by atoms with E-state index in [1.165, 1.54) is 0 Å². The van der Waals surface area contributed by atoms with Crippen molar-refractivity contribution in [3.8, 4) is 11.5 Å². The zero-order chi connectivity index (χ0) is 20.1. The molecule has 1 aromatic rings. The van der Waals surface area contributed by atoms with Gasteiger partial charge < -0.3 is 30.3 Å². The molecule has 1 atom stereocenters. The van der Waals surface area contributed by atoms with Crippen molar-refractivity contribution in [2.75, 3.05) is 46.9 Å². The molecule has 28 heavy (non-hydrogen) atoms. The number of piperidine rings is 1. The summed E-state index contributed by atoms with van der Waals surface area (Å²) in [7, 11) is 3.23. The van der Waals surface area contributed by atoms with Crippen LogP contribution < -0.4 is 20.5 Å². The molecule has 3 amide bonds. The molecule has 154 valence electrons. The minimum Gasteiger partial charge on any atom is -0.493 e. The molecule has 0 saturated carbocycles. The van der Waals surface area contributed by atoms with Crippen molar-refractivity contribution < 1.29 is 19.1 Å². The summed E-state index contributed by atoms with van der Waals surface area (Å²) >= 11 is 0. The second-order valence-electron chi connectivity index (χ2n) is 7.58. The highest BCUT2D eigenvalue weighted by Gasteiger charge is 2.48. The van der Waals surface area contributed by atoms with Crippen LogP contribution >= 0.6 is 0 Å². The Labute approximate surface area is 165 Å². The number of ether oxygens (including phenoxy) is 2. The molecule has 8 heteroatoms. The molecular weight excluding hydrogens is 360 g/mol. The number of urea groups is 1. The van der Waals surface area contributed by atoms with Crippen LogP contribution in [0.3, 0.4) is 0 Å². The monoisotopic (exact) mass is 390 g/mol. The van der Waals surface area contributed by atoms with Crippen molar-refractivity contribution in [2.24, 2.45) is 11.1 Å². The Bertz CT molecular complexity index is 726. The molecule has 2 saturated heterocycles. The van der Waals surface area contributed by atoms with E-state index < -0.39 is 6.03 Å². The van der Waals surface area contributed by atoms with E-state index in [0.717, 1.165) is 44.5 Å². The van der Waals surface area contributed by atoms with Crippen molar-refractivity contribution in [1.29, 1.82) is 0 Å². The maximum atomic E-state index is 13.4. The SMILES string of the molecule is COc1cccc(CN2CCC[C@]3(CCN(CCNC(N)=O)C3)C2=O)c1OC. The van der Waals surface area contributed by atoms with Gasteiger partial charge in [-0.05, 0) is 31.9 Å². The molecule has 3 N–H and O–H groups in total. The van der Waals surface area contributed by atoms with Gasteiger partial charge in [-0.15, -0.1) is 0 Å². The summed E-state index contributed by atoms with van der Waals surface area (Å²) in [6.45, 7) is 4.08. The van der Waals surface area contributed by atoms with E-state index in [-0.39, 0.29) is 11.3 Å². The number of nitrogens with two attached hydrogens (primary N) is 1. The Morgan fingerprint density at radius 3 is 2.79 bits per heavy atom. The van der Waals surface area contributed by atoms with Crippen LogP contribution in [0.2, 0.25) is 0 Å². The van der Waals surface area contributed by atoms with Crippen LogP contribution in [0.1, 0.15) is 24.8 Å². The molecule has 2 fully saturated rings. The van der Waals surface area contributed by atoms with Gasteiger partial charge in [0.25, 0.3) is 0 Å². The maximum absolute atomic E-state index is 13.4. The molecule has 1 spiro atoms. The number of hydrogen-bond acceptors (Lipinski definition) is 5. The van der Waals surface area contributed by atoms with E-state index in [1.54, 1.807) is 14.2 Å². The number of amides is 3. The highest BCUT2D eigenvalue weighted by molar-refractivity contribution is 5.84. The summed E-state index contributed by atoms with van der Waals surface area (Å²) in [6.07, 6.45) is 2.76. The van der Waals surface area contributed by atoms with Crippen molar-refractivity contribution in [3.05, 3.63) is 23.8 Å². The fraction of sp³-hybridized carbons (Fsp3) is 0.600. The van der Waals surface area contributed by atoms with Gasteiger partial charge in [0.15, 0.2) is 11.5 Å². The first-order valence-electron chi connectivity index (χ1n) is 9.74. The second-order valence-corrected chi connectivity index (χ2v) is 7.58. The third kappa shape index (κ3) is 4.16. The van der Waals surface area contributed by atoms with Crippen LogP contribution in [0.25, 0.3) is 0 Å². The maximum Gasteiger partial charge on any atom is 0.312 e. The number of rotatable bonds is 7. The molecular formula is C20H30N4O4. The van der Waals surface area contributed by atoms with E-state index in [9.17, 15) is 9.59 Å². The first-order chi connectivity index (χ1) is 13.5. The largest absolute Gasteiger partial charge is 0.493 e. The lowest BCUT2D eigenvalue weighted by Crippen LogP contribution is -2.50. The number of carbonyl (C=O) groups is 2. The minimum absolute atomic E-state index is 0.217. The molecule has 2 aliphatic rings. The van der Waals surface area contributed by atoms with Crippen molar-refractivity contribution in [3.63, 3.8) is 0 Å². The first kappa shape index (κ1) is 20.3. The average Bonchev–Trinajstić information content (AvgIpc) is 3.09. The van der Waals surface area contributed by atoms with E-state index in [0.29, 0.717) is 31.1 Å². The van der Waals surface area contributed by atoms with Crippen LogP contribution in [0.4, 0.5) is 4.79 Å². The molecule has 1 aromatic carbocycles. The summed E-state index contributed by atoms with van der Waals surface area (Å²) in [5.41, 5.74) is 5.75. The molecule has 0 unspecified atom stereocenters. The lowest BCUT2D eigenvalue weighted by molar-refractivity contribution is -0.146. The molecule has 2 heterocycles. The lowest BCUT2D eigenvalue weighted by atomic mass is 9.78. The van der Waals surface area contributed by atoms with E-state index in [2.05, 4.69) is 10.2 Å². The highest BCUT2D eigenvalue weighted by Crippen LogP contribution is 2.41. The normalized spacial score (nSPS) is 22.5. The number of para-hydroxylation sites is 1. The Morgan fingerprint density at radius 1 is 1.25 bits per heavy atom. The molecule has 0 aliphatic carbocycles. The Balaban J connectivity index is 1.67. The van der Waals surface area contributed by atoms with Crippen molar-refractivity contribution in [2.45, 2.75) is 25.8 Å². The number of hydrogen-bond donors (Lipinski definition) is 2. The summed E-state index contributed by atoms with van der Waals surface area (Å²) in [5.74, 6) is 1.57. The predicted octanol–water partition coefficient (Wildman–Crippen LogP) is 1.19. The first-order valence-corrected chi connectivity index (χ1v) is 9.74. The van der Waals surface area contributed by atoms with Gasteiger partial charge in [-0.1, -0.05) is 12.1 Å². The average molecular weight is 390 g/mol. The van der Waals surface area contributed by atoms with Crippen LogP contribution in [0, 0.1) is 5.41 Å². The van der Waals surface area contributed by atoms with Crippen molar-refractivity contribution in [1.82, 2.24) is 15.1 Å². The van der Waals surface area contributed by atoms with E-state index in [4.69, 9.17) is 15.2 Å². The molecule has 3 rings (SSSR count). The number of likely N-dealkylation sites (tertiary alicyclic amines) is 2.